The van der Waals surface area contributed by atoms with Crippen molar-refractivity contribution in [3.8, 4) is 0 Å². The molecule has 4 rings (SSSR count). The molecule has 0 radical (unpaired) electrons. The van der Waals surface area contributed by atoms with Crippen LogP contribution >= 0.6 is 23.5 Å². The lowest BCUT2D eigenvalue weighted by Crippen LogP contribution is -2.50. The molecule has 1 saturated heterocycles. The van der Waals surface area contributed by atoms with Crippen LogP contribution in [0.1, 0.15) is 31.7 Å². The van der Waals surface area contributed by atoms with Gasteiger partial charge in [-0.1, -0.05) is 42.6 Å². The van der Waals surface area contributed by atoms with Crippen LogP contribution in [0, 0.1) is 17.6 Å². The third-order valence-corrected chi connectivity index (χ3v) is 8.52. The van der Waals surface area contributed by atoms with Crippen molar-refractivity contribution in [3.63, 3.8) is 0 Å². The second-order valence-corrected chi connectivity index (χ2v) is 11.0. The van der Waals surface area contributed by atoms with E-state index in [1.165, 1.54) is 16.8 Å². The summed E-state index contributed by atoms with van der Waals surface area (Å²) in [4.78, 5) is 12.8. The number of amides is 1. The Labute approximate surface area is 196 Å². The smallest absolute Gasteiger partial charge is 0.248 e. The number of rotatable bonds is 2. The summed E-state index contributed by atoms with van der Waals surface area (Å²) in [6.45, 7) is 7.89. The van der Waals surface area contributed by atoms with E-state index in [-0.39, 0.29) is 17.4 Å². The highest BCUT2D eigenvalue weighted by Gasteiger charge is 2.50. The van der Waals surface area contributed by atoms with Crippen molar-refractivity contribution in [2.75, 3.05) is 18.8 Å². The van der Waals surface area contributed by atoms with Gasteiger partial charge in [0.1, 0.15) is 21.5 Å². The van der Waals surface area contributed by atoms with Crippen LogP contribution < -0.4 is 5.32 Å². The Bertz CT molecular complexity index is 987. The van der Waals surface area contributed by atoms with E-state index in [0.29, 0.717) is 23.3 Å². The molecule has 1 N–H and O–H groups in total. The fourth-order valence-corrected chi connectivity index (χ4v) is 6.55. The highest BCUT2D eigenvalue weighted by molar-refractivity contribution is 8.16. The second-order valence-electron chi connectivity index (χ2n) is 8.20. The van der Waals surface area contributed by atoms with Gasteiger partial charge in [0.25, 0.3) is 0 Å². The van der Waals surface area contributed by atoms with Crippen molar-refractivity contribution in [1.82, 2.24) is 10.3 Å². The molecule has 1 aromatic carbocycles. The van der Waals surface area contributed by atoms with Crippen molar-refractivity contribution in [3.05, 3.63) is 71.9 Å². The molecule has 3 aliphatic heterocycles. The first-order chi connectivity index (χ1) is 15.4. The fraction of sp³-hybridized carbons (Fsp3) is 0.417. The molecule has 0 bridgehead atoms. The minimum Gasteiger partial charge on any atom is -0.316 e. The van der Waals surface area contributed by atoms with Gasteiger partial charge in [-0.05, 0) is 62.3 Å². The summed E-state index contributed by atoms with van der Waals surface area (Å²) < 4.78 is 28.6. The number of hydrogen-bond acceptors (Lipinski definition) is 5. The van der Waals surface area contributed by atoms with Crippen LogP contribution in [0.15, 0.2) is 59.8 Å². The quantitative estimate of drug-likeness (QED) is 0.647. The van der Waals surface area contributed by atoms with Gasteiger partial charge in [-0.15, -0.1) is 0 Å². The lowest BCUT2D eigenvalue weighted by molar-refractivity contribution is -0.138. The normalized spacial score (nSPS) is 30.8. The van der Waals surface area contributed by atoms with E-state index in [1.54, 1.807) is 11.8 Å². The maximum Gasteiger partial charge on any atom is 0.248 e. The maximum absolute atomic E-state index is 14.6. The minimum atomic E-state index is -0.878. The first kappa shape index (κ1) is 23.3. The third kappa shape index (κ3) is 4.72. The van der Waals surface area contributed by atoms with Gasteiger partial charge in [0.2, 0.25) is 5.91 Å². The average Bonchev–Trinajstić information content (AvgIpc) is 3.18. The summed E-state index contributed by atoms with van der Waals surface area (Å²) in [5, 5.41) is 10.0. The van der Waals surface area contributed by atoms with Crippen molar-refractivity contribution < 1.29 is 13.6 Å². The van der Waals surface area contributed by atoms with Crippen molar-refractivity contribution >= 4 is 34.5 Å². The Morgan fingerprint density at radius 3 is 2.97 bits per heavy atom. The van der Waals surface area contributed by atoms with Crippen LogP contribution in [0.2, 0.25) is 0 Å². The summed E-state index contributed by atoms with van der Waals surface area (Å²) >= 11 is 3.08. The number of carbonyl (C=O) groups excluding carboxylic acids is 1. The van der Waals surface area contributed by atoms with Gasteiger partial charge in [-0.3, -0.25) is 4.79 Å². The molecule has 1 amide bonds. The first-order valence-electron chi connectivity index (χ1n) is 10.8. The van der Waals surface area contributed by atoms with E-state index in [4.69, 9.17) is 0 Å². The van der Waals surface area contributed by atoms with E-state index < -0.39 is 16.5 Å². The number of nitrogens with zero attached hydrogens (tertiary/aromatic N) is 2. The van der Waals surface area contributed by atoms with Gasteiger partial charge in [-0.2, -0.15) is 16.9 Å². The highest BCUT2D eigenvalue weighted by Crippen LogP contribution is 2.49. The number of halogens is 2. The summed E-state index contributed by atoms with van der Waals surface area (Å²) in [7, 11) is 0. The molecular formula is C24H27F2N3OS2. The standard InChI is InChI=1S/C24H27F2N3OS2/c1-16-6-3-4-7-17(2)31-13-11-24(16)29(23(30)18-8-5-12-27-15-18)28-22(32-24)20-14-19(25)9-10-21(20)26/h3-4,6-7,9-10,14,17-18,27H,1,5,8,11-13,15H2,2H3/b6-3-,7-4-. The molecule has 1 spiro atoms. The molecule has 3 unspecified atom stereocenters. The summed E-state index contributed by atoms with van der Waals surface area (Å²) in [5.74, 6) is -0.642. The van der Waals surface area contributed by atoms with E-state index in [0.717, 1.165) is 48.9 Å². The number of carbonyl (C=O) groups is 1. The number of piperidine rings is 1. The van der Waals surface area contributed by atoms with Gasteiger partial charge < -0.3 is 5.32 Å². The lowest BCUT2D eigenvalue weighted by Gasteiger charge is -2.38. The van der Waals surface area contributed by atoms with Crippen LogP contribution in [0.4, 0.5) is 8.78 Å². The van der Waals surface area contributed by atoms with Crippen LogP contribution in [-0.4, -0.2) is 44.9 Å². The molecule has 0 saturated carbocycles. The third-order valence-electron chi connectivity index (χ3n) is 5.93. The highest BCUT2D eigenvalue weighted by atomic mass is 32.2. The number of nitrogens with one attached hydrogen (secondary N) is 1. The predicted molar refractivity (Wildman–Crippen MR) is 130 cm³/mol. The van der Waals surface area contributed by atoms with Gasteiger partial charge in [0.15, 0.2) is 0 Å². The van der Waals surface area contributed by atoms with Crippen molar-refractivity contribution in [1.29, 1.82) is 0 Å². The first-order valence-corrected chi connectivity index (χ1v) is 12.7. The molecule has 0 aliphatic carbocycles. The molecule has 3 atom stereocenters. The van der Waals surface area contributed by atoms with Crippen molar-refractivity contribution in [2.45, 2.75) is 36.3 Å². The molecule has 0 aromatic heterocycles. The average molecular weight is 476 g/mol. The summed E-state index contributed by atoms with van der Waals surface area (Å²) in [5.41, 5.74) is 0.788. The number of benzene rings is 1. The minimum absolute atomic E-state index is 0.0706. The lowest BCUT2D eigenvalue weighted by atomic mass is 9.96. The van der Waals surface area contributed by atoms with Gasteiger partial charge in [0.05, 0.1) is 5.92 Å². The van der Waals surface area contributed by atoms with Gasteiger partial charge in [-0.25, -0.2) is 13.8 Å². The Balaban J connectivity index is 1.77. The SMILES string of the molecule is C=C1/C=C\C=C/C(C)SCCC12SC(c1cc(F)ccc1F)=NN2C(=O)C1CCCNC1. The van der Waals surface area contributed by atoms with Gasteiger partial charge >= 0.3 is 0 Å². The van der Waals surface area contributed by atoms with E-state index in [9.17, 15) is 13.6 Å². The molecule has 3 heterocycles. The Kier molecular flexibility index (Phi) is 7.22. The zero-order valence-electron chi connectivity index (χ0n) is 18.0. The Hall–Kier alpha value is -1.90. The van der Waals surface area contributed by atoms with Crippen LogP contribution in [-0.2, 0) is 4.79 Å². The Morgan fingerprint density at radius 2 is 2.19 bits per heavy atom. The predicted octanol–water partition coefficient (Wildman–Crippen LogP) is 5.09. The topological polar surface area (TPSA) is 44.7 Å². The summed E-state index contributed by atoms with van der Waals surface area (Å²) in [6.07, 6.45) is 10.2. The molecule has 1 fully saturated rings. The molecule has 4 nitrogen and oxygen atoms in total. The number of thioether (sulfide) groups is 2. The van der Waals surface area contributed by atoms with Crippen LogP contribution in [0.25, 0.3) is 0 Å². The van der Waals surface area contributed by atoms with Crippen molar-refractivity contribution in [2.24, 2.45) is 11.0 Å². The number of hydrazone groups is 1. The monoisotopic (exact) mass is 475 g/mol. The Morgan fingerprint density at radius 1 is 1.34 bits per heavy atom. The second kappa shape index (κ2) is 9.93. The molecule has 170 valence electrons. The fourth-order valence-electron chi connectivity index (χ4n) is 4.11. The molecular weight excluding hydrogens is 448 g/mol. The molecule has 1 aromatic rings. The van der Waals surface area contributed by atoms with E-state index in [1.807, 2.05) is 18.2 Å². The maximum atomic E-state index is 14.6. The molecule has 3 aliphatic rings. The molecule has 8 heteroatoms. The zero-order valence-corrected chi connectivity index (χ0v) is 19.7. The summed E-state index contributed by atoms with van der Waals surface area (Å²) in [6, 6.07) is 3.32. The zero-order chi connectivity index (χ0) is 22.7. The van der Waals surface area contributed by atoms with Crippen LogP contribution in [0.3, 0.4) is 0 Å². The van der Waals surface area contributed by atoms with Gasteiger partial charge in [0, 0.05) is 17.4 Å². The van der Waals surface area contributed by atoms with E-state index in [2.05, 4.69) is 30.0 Å². The molecule has 32 heavy (non-hydrogen) atoms. The number of hydrogen-bond donors (Lipinski definition) is 1. The number of allylic oxidation sites excluding steroid dienone is 2. The largest absolute Gasteiger partial charge is 0.316 e. The van der Waals surface area contributed by atoms with E-state index >= 15 is 0 Å². The van der Waals surface area contributed by atoms with Crippen LogP contribution in [0.5, 0.6) is 0 Å².